The molecule has 0 bridgehead atoms. The predicted molar refractivity (Wildman–Crippen MR) is 72.0 cm³/mol. The van der Waals surface area contributed by atoms with Gasteiger partial charge in [0.05, 0.1) is 5.56 Å². The topological polar surface area (TPSA) is 75.3 Å². The molecule has 0 aromatic heterocycles. The summed E-state index contributed by atoms with van der Waals surface area (Å²) in [5.41, 5.74) is 5.47. The molecule has 1 amide bonds. The highest BCUT2D eigenvalue weighted by Gasteiger charge is 2.15. The van der Waals surface area contributed by atoms with Gasteiger partial charge in [0.15, 0.2) is 0 Å². The van der Waals surface area contributed by atoms with Gasteiger partial charge in [-0.2, -0.15) is 0 Å². The molecule has 2 aromatic rings. The summed E-state index contributed by atoms with van der Waals surface area (Å²) in [7, 11) is 0. The van der Waals surface area contributed by atoms with Crippen molar-refractivity contribution in [2.45, 2.75) is 0 Å². The lowest BCUT2D eigenvalue weighted by molar-refractivity contribution is 0.0952. The maximum absolute atomic E-state index is 11.8. The average Bonchev–Trinajstić information content (AvgIpc) is 2.40. The van der Waals surface area contributed by atoms with Gasteiger partial charge in [0.2, 0.25) is 0 Å². The van der Waals surface area contributed by atoms with Crippen molar-refractivity contribution < 1.29 is 9.90 Å². The smallest absolute Gasteiger partial charge is 0.255 e. The van der Waals surface area contributed by atoms with E-state index in [1.807, 2.05) is 6.07 Å². The monoisotopic (exact) mass is 264 g/mol. The molecule has 0 atom stereocenters. The number of amides is 1. The van der Waals surface area contributed by atoms with E-state index in [2.05, 4.69) is 5.32 Å². The molecule has 0 unspecified atom stereocenters. The predicted octanol–water partition coefficient (Wildman–Crippen LogP) is 1.89. The number of nitrogens with two attached hydrogens (primary N) is 1. The lowest BCUT2D eigenvalue weighted by Crippen LogP contribution is -2.29. The maximum atomic E-state index is 11.8. The molecule has 0 aliphatic heterocycles. The number of halogens is 1. The van der Waals surface area contributed by atoms with Gasteiger partial charge in [-0.15, -0.1) is 0 Å². The highest BCUT2D eigenvalue weighted by molar-refractivity contribution is 6.36. The molecule has 0 saturated carbocycles. The maximum Gasteiger partial charge on any atom is 0.255 e. The summed E-state index contributed by atoms with van der Waals surface area (Å²) < 4.78 is 0. The zero-order valence-electron chi connectivity index (χ0n) is 9.61. The highest BCUT2D eigenvalue weighted by Crippen LogP contribution is 2.34. The summed E-state index contributed by atoms with van der Waals surface area (Å²) >= 11 is 6.10. The molecule has 4 N–H and O–H groups in total. The van der Waals surface area contributed by atoms with Crippen molar-refractivity contribution in [2.75, 3.05) is 13.1 Å². The van der Waals surface area contributed by atoms with Crippen LogP contribution in [0.4, 0.5) is 0 Å². The van der Waals surface area contributed by atoms with Crippen LogP contribution < -0.4 is 11.1 Å². The molecule has 0 saturated heterocycles. The fourth-order valence-corrected chi connectivity index (χ4v) is 2.04. The van der Waals surface area contributed by atoms with E-state index >= 15 is 0 Å². The number of aromatic hydroxyl groups is 1. The summed E-state index contributed by atoms with van der Waals surface area (Å²) in [6.07, 6.45) is 0. The fourth-order valence-electron chi connectivity index (χ4n) is 1.77. The zero-order valence-corrected chi connectivity index (χ0v) is 10.4. The molecule has 0 aliphatic rings. The van der Waals surface area contributed by atoms with Crippen molar-refractivity contribution in [3.8, 4) is 5.75 Å². The van der Waals surface area contributed by atoms with Crippen molar-refractivity contribution in [1.82, 2.24) is 5.32 Å². The Kier molecular flexibility index (Phi) is 3.69. The quantitative estimate of drug-likeness (QED) is 0.792. The summed E-state index contributed by atoms with van der Waals surface area (Å²) in [6.45, 7) is 0.691. The van der Waals surface area contributed by atoms with E-state index in [1.54, 1.807) is 18.2 Å². The van der Waals surface area contributed by atoms with Crippen LogP contribution in [0.5, 0.6) is 5.75 Å². The average molecular weight is 265 g/mol. The third-order valence-electron chi connectivity index (χ3n) is 2.64. The van der Waals surface area contributed by atoms with Crippen LogP contribution in [0.3, 0.4) is 0 Å². The number of hydrogen-bond donors (Lipinski definition) is 3. The van der Waals surface area contributed by atoms with Gasteiger partial charge in [-0.25, -0.2) is 0 Å². The SMILES string of the molecule is NCCNC(=O)c1cc(Cl)c2ccccc2c1O. The van der Waals surface area contributed by atoms with Crippen molar-refractivity contribution in [1.29, 1.82) is 0 Å². The first-order valence-electron chi connectivity index (χ1n) is 5.53. The Labute approximate surface area is 109 Å². The molecule has 94 valence electrons. The van der Waals surface area contributed by atoms with Crippen molar-refractivity contribution in [2.24, 2.45) is 5.73 Å². The first kappa shape index (κ1) is 12.7. The molecule has 4 nitrogen and oxygen atoms in total. The molecule has 5 heteroatoms. The van der Waals surface area contributed by atoms with Crippen LogP contribution in [-0.2, 0) is 0 Å². The van der Waals surface area contributed by atoms with E-state index in [9.17, 15) is 9.90 Å². The van der Waals surface area contributed by atoms with Gasteiger partial charge < -0.3 is 16.2 Å². The molecule has 0 radical (unpaired) electrons. The van der Waals surface area contributed by atoms with E-state index in [0.29, 0.717) is 28.9 Å². The number of phenols is 1. The molecule has 2 rings (SSSR count). The van der Waals surface area contributed by atoms with Crippen molar-refractivity contribution >= 4 is 28.3 Å². The second-order valence-electron chi connectivity index (χ2n) is 3.84. The Bertz CT molecular complexity index is 599. The number of carbonyl (C=O) groups excluding carboxylic acids is 1. The number of fused-ring (bicyclic) bond motifs is 1. The number of phenolic OH excluding ortho intramolecular Hbond substituents is 1. The third-order valence-corrected chi connectivity index (χ3v) is 2.95. The third kappa shape index (κ3) is 2.25. The normalized spacial score (nSPS) is 10.6. The lowest BCUT2D eigenvalue weighted by Gasteiger charge is -2.09. The van der Waals surface area contributed by atoms with E-state index in [0.717, 1.165) is 0 Å². The van der Waals surface area contributed by atoms with Crippen LogP contribution >= 0.6 is 11.6 Å². The largest absolute Gasteiger partial charge is 0.506 e. The lowest BCUT2D eigenvalue weighted by atomic mass is 10.0. The second kappa shape index (κ2) is 5.25. The molecule has 0 aliphatic carbocycles. The molecule has 0 fully saturated rings. The van der Waals surface area contributed by atoms with E-state index in [1.165, 1.54) is 6.07 Å². The Balaban J connectivity index is 2.52. The number of rotatable bonds is 3. The fraction of sp³-hybridized carbons (Fsp3) is 0.154. The summed E-state index contributed by atoms with van der Waals surface area (Å²) in [5.74, 6) is -0.449. The molecular formula is C13H13ClN2O2. The Morgan fingerprint density at radius 2 is 2.00 bits per heavy atom. The van der Waals surface area contributed by atoms with E-state index in [4.69, 9.17) is 17.3 Å². The number of nitrogens with one attached hydrogen (secondary N) is 1. The van der Waals surface area contributed by atoms with Gasteiger partial charge in [-0.05, 0) is 6.07 Å². The second-order valence-corrected chi connectivity index (χ2v) is 4.25. The van der Waals surface area contributed by atoms with Crippen LogP contribution in [-0.4, -0.2) is 24.1 Å². The van der Waals surface area contributed by atoms with Gasteiger partial charge in [0, 0.05) is 28.9 Å². The Morgan fingerprint density at radius 3 is 2.67 bits per heavy atom. The number of benzene rings is 2. The Morgan fingerprint density at radius 1 is 1.33 bits per heavy atom. The van der Waals surface area contributed by atoms with Crippen LogP contribution in [0.2, 0.25) is 5.02 Å². The summed E-state index contributed by atoms with van der Waals surface area (Å²) in [5, 5.41) is 14.4. The first-order chi connectivity index (χ1) is 8.65. The van der Waals surface area contributed by atoms with Gasteiger partial charge in [-0.1, -0.05) is 35.9 Å². The van der Waals surface area contributed by atoms with E-state index in [-0.39, 0.29) is 17.2 Å². The Hall–Kier alpha value is -1.78. The van der Waals surface area contributed by atoms with Crippen molar-refractivity contribution in [3.63, 3.8) is 0 Å². The van der Waals surface area contributed by atoms with E-state index < -0.39 is 0 Å². The zero-order chi connectivity index (χ0) is 13.1. The number of hydrogen-bond acceptors (Lipinski definition) is 3. The van der Waals surface area contributed by atoms with Crippen LogP contribution in [0, 0.1) is 0 Å². The minimum absolute atomic E-state index is 0.0653. The van der Waals surface area contributed by atoms with Crippen LogP contribution in [0.25, 0.3) is 10.8 Å². The molecular weight excluding hydrogens is 252 g/mol. The molecule has 0 heterocycles. The molecule has 2 aromatic carbocycles. The summed E-state index contributed by atoms with van der Waals surface area (Å²) in [6, 6.07) is 8.57. The van der Waals surface area contributed by atoms with Gasteiger partial charge >= 0.3 is 0 Å². The highest BCUT2D eigenvalue weighted by atomic mass is 35.5. The molecule has 0 spiro atoms. The standard InChI is InChI=1S/C13H13ClN2O2/c14-11-7-10(13(18)16-6-5-15)12(17)9-4-2-1-3-8(9)11/h1-4,7,17H,5-6,15H2,(H,16,18). The summed E-state index contributed by atoms with van der Waals surface area (Å²) in [4.78, 5) is 11.8. The van der Waals surface area contributed by atoms with Gasteiger partial charge in [-0.3, -0.25) is 4.79 Å². The first-order valence-corrected chi connectivity index (χ1v) is 5.91. The van der Waals surface area contributed by atoms with Crippen LogP contribution in [0.15, 0.2) is 30.3 Å². The van der Waals surface area contributed by atoms with Gasteiger partial charge in [0.1, 0.15) is 5.75 Å². The number of carbonyl (C=O) groups is 1. The minimum atomic E-state index is -0.384. The molecule has 18 heavy (non-hydrogen) atoms. The van der Waals surface area contributed by atoms with Gasteiger partial charge in [0.25, 0.3) is 5.91 Å². The van der Waals surface area contributed by atoms with Crippen molar-refractivity contribution in [3.05, 3.63) is 40.9 Å². The minimum Gasteiger partial charge on any atom is -0.506 e. The van der Waals surface area contributed by atoms with Crippen LogP contribution in [0.1, 0.15) is 10.4 Å².